The van der Waals surface area contributed by atoms with E-state index in [0.717, 1.165) is 12.3 Å². The van der Waals surface area contributed by atoms with E-state index >= 15 is 0 Å². The molecule has 6 nitrogen and oxygen atoms in total. The third-order valence-electron chi connectivity index (χ3n) is 0.888. The Balaban J connectivity index is 4.25. The molecule has 0 heterocycles. The number of methoxy groups -OCH3 is 1. The maximum Gasteiger partial charge on any atom is 0.202 e. The zero-order chi connectivity index (χ0) is 10.3. The van der Waals surface area contributed by atoms with Crippen molar-refractivity contribution < 1.29 is 22.8 Å². The molecule has 74 valence electrons. The third-order valence-corrected chi connectivity index (χ3v) is 1.27. The van der Waals surface area contributed by atoms with Crippen molar-refractivity contribution in [1.29, 1.82) is 0 Å². The van der Waals surface area contributed by atoms with Crippen LogP contribution in [0.1, 0.15) is 0 Å². The summed E-state index contributed by atoms with van der Waals surface area (Å²) in [6.07, 6.45) is 3.45. The number of hydrogen-bond acceptors (Lipinski definition) is 5. The van der Waals surface area contributed by atoms with Crippen LogP contribution in [0, 0.1) is 0 Å². The summed E-state index contributed by atoms with van der Waals surface area (Å²) in [4.78, 5) is 0. The highest BCUT2D eigenvalue weighted by Gasteiger charge is 1.82. The smallest absolute Gasteiger partial charge is 0.202 e. The van der Waals surface area contributed by atoms with E-state index in [2.05, 4.69) is 9.13 Å². The minimum absolute atomic E-state index is 0.00486. The van der Waals surface area contributed by atoms with Gasteiger partial charge in [-0.1, -0.05) is 0 Å². The first-order valence-electron chi connectivity index (χ1n) is 3.03. The zero-order valence-corrected chi connectivity index (χ0v) is 7.52. The Morgan fingerprint density at radius 3 is 2.54 bits per heavy atom. The lowest BCUT2D eigenvalue weighted by molar-refractivity contribution is -0.278. The average molecular weight is 205 g/mol. The first kappa shape index (κ1) is 11.7. The van der Waals surface area contributed by atoms with Gasteiger partial charge in [-0.3, -0.25) is 0 Å². The first-order chi connectivity index (χ1) is 5.99. The Morgan fingerprint density at radius 2 is 2.15 bits per heavy atom. The second-order valence-electron chi connectivity index (χ2n) is 1.77. The van der Waals surface area contributed by atoms with Crippen LogP contribution in [0.4, 0.5) is 0 Å². The Bertz CT molecular complexity index is 327. The van der Waals surface area contributed by atoms with Crippen molar-refractivity contribution in [2.75, 3.05) is 7.11 Å². The standard InChI is InChI=1S/C6H9NO5S/c1-12-6(5-8)3-2-4-7-13(9,10)11/h2-5,8H,1H3,(H,9,10,11)/p-2/b3-2+,6-5-,7-4+. The predicted octanol–water partition coefficient (Wildman–Crippen LogP) is -1.08. The molecule has 0 N–H and O–H groups in total. The second kappa shape index (κ2) is 5.33. The van der Waals surface area contributed by atoms with E-state index in [1.807, 2.05) is 0 Å². The van der Waals surface area contributed by atoms with Crippen LogP contribution in [0.2, 0.25) is 0 Å². The highest BCUT2D eigenvalue weighted by Crippen LogP contribution is 1.93. The Kier molecular flexibility index (Phi) is 4.78. The molecule has 0 bridgehead atoms. The van der Waals surface area contributed by atoms with Crippen molar-refractivity contribution in [3.63, 3.8) is 0 Å². The highest BCUT2D eigenvalue weighted by molar-refractivity contribution is 7.84. The maximum atomic E-state index is 10.1. The number of nitrogens with zero attached hydrogens (tertiary/aromatic N) is 1. The normalized spacial score (nSPS) is 14.2. The van der Waals surface area contributed by atoms with Crippen LogP contribution in [0.5, 0.6) is 0 Å². The molecule has 0 amide bonds. The van der Waals surface area contributed by atoms with Gasteiger partial charge in [0.25, 0.3) is 0 Å². The number of allylic oxidation sites excluding steroid dienone is 2. The van der Waals surface area contributed by atoms with Gasteiger partial charge in [-0.15, -0.1) is 6.26 Å². The molecule has 0 fully saturated rings. The SMILES string of the molecule is COC(=C\[O-])/C=C/C=N/S(=O)(=O)[O-]. The van der Waals surface area contributed by atoms with E-state index in [0.29, 0.717) is 6.26 Å². The minimum atomic E-state index is -4.61. The van der Waals surface area contributed by atoms with Crippen LogP contribution in [-0.4, -0.2) is 26.3 Å². The van der Waals surface area contributed by atoms with E-state index in [9.17, 15) is 18.1 Å². The van der Waals surface area contributed by atoms with Crippen LogP contribution in [0.15, 0.2) is 28.6 Å². The number of hydrogen-bond donors (Lipinski definition) is 0. The van der Waals surface area contributed by atoms with Crippen LogP contribution >= 0.6 is 0 Å². The van der Waals surface area contributed by atoms with Gasteiger partial charge in [0.1, 0.15) is 5.76 Å². The topological polar surface area (TPSA) is 102 Å². The van der Waals surface area contributed by atoms with Crippen molar-refractivity contribution in [2.45, 2.75) is 0 Å². The molecule has 0 radical (unpaired) electrons. The maximum absolute atomic E-state index is 10.1. The fourth-order valence-corrected chi connectivity index (χ4v) is 0.622. The highest BCUT2D eigenvalue weighted by atomic mass is 32.2. The van der Waals surface area contributed by atoms with Crippen LogP contribution in [0.3, 0.4) is 0 Å². The van der Waals surface area contributed by atoms with Crippen LogP contribution in [-0.2, 0) is 15.0 Å². The van der Waals surface area contributed by atoms with Crippen molar-refractivity contribution in [3.8, 4) is 0 Å². The molecule has 0 unspecified atom stereocenters. The quantitative estimate of drug-likeness (QED) is 0.251. The lowest BCUT2D eigenvalue weighted by Crippen LogP contribution is -1.93. The molecule has 0 saturated heterocycles. The molecule has 0 rings (SSSR count). The summed E-state index contributed by atoms with van der Waals surface area (Å²) in [5, 5.41) is 10.1. The Hall–Kier alpha value is -1.34. The number of rotatable bonds is 4. The van der Waals surface area contributed by atoms with Gasteiger partial charge in [0, 0.05) is 6.21 Å². The second-order valence-corrected chi connectivity index (χ2v) is 2.83. The van der Waals surface area contributed by atoms with Gasteiger partial charge in [-0.2, -0.15) is 4.40 Å². The number of ether oxygens (including phenoxy) is 1. The Morgan fingerprint density at radius 1 is 1.54 bits per heavy atom. The summed E-state index contributed by atoms with van der Waals surface area (Å²) in [5.41, 5.74) is 0. The average Bonchev–Trinajstić information content (AvgIpc) is 2.03. The molecule has 0 aromatic heterocycles. The largest absolute Gasteiger partial charge is 0.875 e. The van der Waals surface area contributed by atoms with Crippen LogP contribution < -0.4 is 5.11 Å². The molecule has 0 aromatic carbocycles. The van der Waals surface area contributed by atoms with Gasteiger partial charge in [0.05, 0.1) is 7.11 Å². The third kappa shape index (κ3) is 7.04. The summed E-state index contributed by atoms with van der Waals surface area (Å²) in [6, 6.07) is 0. The van der Waals surface area contributed by atoms with E-state index < -0.39 is 10.3 Å². The monoisotopic (exact) mass is 205 g/mol. The summed E-state index contributed by atoms with van der Waals surface area (Å²) in [5.74, 6) is -0.00486. The van der Waals surface area contributed by atoms with E-state index in [1.165, 1.54) is 13.2 Å². The molecule has 0 spiro atoms. The molecular weight excluding hydrogens is 198 g/mol. The van der Waals surface area contributed by atoms with Crippen molar-refractivity contribution in [3.05, 3.63) is 24.2 Å². The fourth-order valence-electron chi connectivity index (χ4n) is 0.403. The molecule has 13 heavy (non-hydrogen) atoms. The fraction of sp³-hybridized carbons (Fsp3) is 0.167. The lowest BCUT2D eigenvalue weighted by atomic mass is 10.4. The van der Waals surface area contributed by atoms with Crippen LogP contribution in [0.25, 0.3) is 0 Å². The predicted molar refractivity (Wildman–Crippen MR) is 42.4 cm³/mol. The van der Waals surface area contributed by atoms with Gasteiger partial charge in [0.15, 0.2) is 0 Å². The first-order valence-corrected chi connectivity index (χ1v) is 4.40. The molecular formula is C6H7NO5S-2. The molecule has 0 aliphatic heterocycles. The molecule has 7 heteroatoms. The molecule has 0 atom stereocenters. The van der Waals surface area contributed by atoms with Gasteiger partial charge >= 0.3 is 0 Å². The Labute approximate surface area is 75.8 Å². The van der Waals surface area contributed by atoms with Crippen molar-refractivity contribution >= 4 is 16.5 Å². The van der Waals surface area contributed by atoms with E-state index in [1.54, 1.807) is 0 Å². The van der Waals surface area contributed by atoms with Gasteiger partial charge in [-0.25, -0.2) is 8.42 Å². The molecule has 0 aromatic rings. The summed E-state index contributed by atoms with van der Waals surface area (Å²) in [7, 11) is -3.33. The minimum Gasteiger partial charge on any atom is -0.875 e. The molecule has 0 aliphatic carbocycles. The summed E-state index contributed by atoms with van der Waals surface area (Å²) < 4.78 is 36.9. The van der Waals surface area contributed by atoms with E-state index in [4.69, 9.17) is 0 Å². The van der Waals surface area contributed by atoms with Gasteiger partial charge < -0.3 is 14.4 Å². The summed E-state index contributed by atoms with van der Waals surface area (Å²) in [6.45, 7) is 0. The molecule has 0 aliphatic rings. The van der Waals surface area contributed by atoms with Crippen molar-refractivity contribution in [2.24, 2.45) is 4.40 Å². The lowest BCUT2D eigenvalue weighted by Gasteiger charge is -2.00. The molecule has 0 saturated carbocycles. The summed E-state index contributed by atoms with van der Waals surface area (Å²) >= 11 is 0. The van der Waals surface area contributed by atoms with Gasteiger partial charge in [-0.05, 0) is 12.2 Å². The zero-order valence-electron chi connectivity index (χ0n) is 6.71. The van der Waals surface area contributed by atoms with E-state index in [-0.39, 0.29) is 5.76 Å². The van der Waals surface area contributed by atoms with Crippen molar-refractivity contribution in [1.82, 2.24) is 0 Å². The van der Waals surface area contributed by atoms with Gasteiger partial charge in [0.2, 0.25) is 10.3 Å².